The molecule has 0 fully saturated rings. The lowest BCUT2D eigenvalue weighted by molar-refractivity contribution is -0.111. The summed E-state index contributed by atoms with van der Waals surface area (Å²) in [6.45, 7) is 6.23. The Kier molecular flexibility index (Phi) is 6.38. The molecule has 0 aliphatic heterocycles. The van der Waals surface area contributed by atoms with Crippen molar-refractivity contribution >= 4 is 38.8 Å². The number of carbonyl (C=O) groups excluding carboxylic acids is 1. The molecule has 0 aliphatic rings. The Labute approximate surface area is 162 Å². The molecule has 0 radical (unpaired) electrons. The molecule has 2 aromatic rings. The predicted molar refractivity (Wildman–Crippen MR) is 109 cm³/mol. The van der Waals surface area contributed by atoms with Crippen molar-refractivity contribution in [2.75, 3.05) is 17.3 Å². The standard InChI is InChI=1S/C18H23N3O4S2/c1-18(2,3)17-19-12-13(26-17)7-8-15(22)20-14-6-5-9-21(16(14)23)10-11-27(4,24)25/h5-9,12H,10-11H2,1-4H3,(H,20,22)/b8-7+. The number of anilines is 1. The zero-order valence-corrected chi connectivity index (χ0v) is 17.4. The predicted octanol–water partition coefficient (Wildman–Crippen LogP) is 2.30. The number of rotatable bonds is 6. The second-order valence-electron chi connectivity index (χ2n) is 7.19. The van der Waals surface area contributed by atoms with Gasteiger partial charge in [0.1, 0.15) is 15.5 Å². The van der Waals surface area contributed by atoms with Gasteiger partial charge in [0.2, 0.25) is 5.91 Å². The minimum absolute atomic E-state index is 0.0354. The van der Waals surface area contributed by atoms with Gasteiger partial charge >= 0.3 is 0 Å². The number of nitrogens with one attached hydrogen (secondary N) is 1. The van der Waals surface area contributed by atoms with Gasteiger partial charge in [-0.05, 0) is 18.2 Å². The van der Waals surface area contributed by atoms with Crippen molar-refractivity contribution in [1.29, 1.82) is 0 Å². The normalized spacial score (nSPS) is 12.4. The molecular formula is C18H23N3O4S2. The number of aromatic nitrogens is 2. The van der Waals surface area contributed by atoms with E-state index in [1.807, 2.05) is 0 Å². The van der Waals surface area contributed by atoms with Crippen LogP contribution in [0.3, 0.4) is 0 Å². The molecule has 0 spiro atoms. The van der Waals surface area contributed by atoms with Crippen molar-refractivity contribution in [3.63, 3.8) is 0 Å². The van der Waals surface area contributed by atoms with Crippen LogP contribution in [0.1, 0.15) is 30.7 Å². The van der Waals surface area contributed by atoms with E-state index < -0.39 is 21.3 Å². The zero-order valence-electron chi connectivity index (χ0n) is 15.7. The van der Waals surface area contributed by atoms with Gasteiger partial charge in [-0.2, -0.15) is 0 Å². The lowest BCUT2D eigenvalue weighted by Gasteiger charge is -2.13. The molecule has 0 aliphatic carbocycles. The zero-order chi connectivity index (χ0) is 20.2. The summed E-state index contributed by atoms with van der Waals surface area (Å²) in [6, 6.07) is 3.07. The van der Waals surface area contributed by atoms with E-state index >= 15 is 0 Å². The van der Waals surface area contributed by atoms with Crippen LogP contribution >= 0.6 is 11.3 Å². The average Bonchev–Trinajstić information content (AvgIpc) is 3.02. The molecule has 0 bridgehead atoms. The lowest BCUT2D eigenvalue weighted by atomic mass is 9.98. The SMILES string of the molecule is CC(C)(C)c1ncc(/C=C/C(=O)Nc2cccn(CCS(C)(=O)=O)c2=O)s1. The maximum Gasteiger partial charge on any atom is 0.274 e. The number of amides is 1. The largest absolute Gasteiger partial charge is 0.318 e. The van der Waals surface area contributed by atoms with Gasteiger partial charge in [0.15, 0.2) is 0 Å². The Balaban J connectivity index is 2.07. The first-order valence-electron chi connectivity index (χ1n) is 8.28. The highest BCUT2D eigenvalue weighted by Crippen LogP contribution is 2.27. The van der Waals surface area contributed by atoms with E-state index in [-0.39, 0.29) is 23.4 Å². The smallest absolute Gasteiger partial charge is 0.274 e. The third kappa shape index (κ3) is 6.44. The molecule has 2 aromatic heterocycles. The Hall–Kier alpha value is -2.26. The van der Waals surface area contributed by atoms with Crippen LogP contribution in [0.4, 0.5) is 5.69 Å². The summed E-state index contributed by atoms with van der Waals surface area (Å²) < 4.78 is 23.8. The third-order valence-electron chi connectivity index (χ3n) is 3.55. The van der Waals surface area contributed by atoms with Crippen LogP contribution < -0.4 is 10.9 Å². The first-order valence-corrected chi connectivity index (χ1v) is 11.2. The van der Waals surface area contributed by atoms with Crippen LogP contribution in [0, 0.1) is 0 Å². The van der Waals surface area contributed by atoms with E-state index in [2.05, 4.69) is 31.1 Å². The van der Waals surface area contributed by atoms with Gasteiger partial charge in [0.25, 0.3) is 5.56 Å². The Morgan fingerprint density at radius 2 is 2.07 bits per heavy atom. The van der Waals surface area contributed by atoms with E-state index in [0.717, 1.165) is 16.1 Å². The van der Waals surface area contributed by atoms with Crippen molar-refractivity contribution in [3.8, 4) is 0 Å². The first-order chi connectivity index (χ1) is 12.5. The molecule has 2 heterocycles. The molecule has 27 heavy (non-hydrogen) atoms. The van der Waals surface area contributed by atoms with Crippen LogP contribution in [0.25, 0.3) is 6.08 Å². The number of sulfone groups is 1. The van der Waals surface area contributed by atoms with E-state index in [0.29, 0.717) is 0 Å². The van der Waals surface area contributed by atoms with Crippen LogP contribution in [-0.2, 0) is 26.6 Å². The van der Waals surface area contributed by atoms with Gasteiger partial charge < -0.3 is 9.88 Å². The summed E-state index contributed by atoms with van der Waals surface area (Å²) in [6.07, 6.45) is 7.29. The fourth-order valence-electron chi connectivity index (χ4n) is 2.11. The first kappa shape index (κ1) is 21.0. The fraction of sp³-hybridized carbons (Fsp3) is 0.389. The minimum atomic E-state index is -3.19. The Morgan fingerprint density at radius 3 is 2.67 bits per heavy atom. The fourth-order valence-corrected chi connectivity index (χ4v) is 3.52. The number of hydrogen-bond donors (Lipinski definition) is 1. The lowest BCUT2D eigenvalue weighted by Crippen LogP contribution is -2.27. The highest BCUT2D eigenvalue weighted by Gasteiger charge is 2.17. The summed E-state index contributed by atoms with van der Waals surface area (Å²) in [5.74, 6) is -0.593. The second kappa shape index (κ2) is 8.18. The third-order valence-corrected chi connectivity index (χ3v) is 5.86. The number of aryl methyl sites for hydroxylation is 1. The quantitative estimate of drug-likeness (QED) is 0.738. The van der Waals surface area contributed by atoms with Crippen molar-refractivity contribution in [2.45, 2.75) is 32.7 Å². The van der Waals surface area contributed by atoms with Gasteiger partial charge in [0, 0.05) is 41.6 Å². The number of nitrogens with zero attached hydrogens (tertiary/aromatic N) is 2. The van der Waals surface area contributed by atoms with Gasteiger partial charge in [-0.15, -0.1) is 11.3 Å². The average molecular weight is 410 g/mol. The molecule has 9 heteroatoms. The maximum atomic E-state index is 12.3. The van der Waals surface area contributed by atoms with Gasteiger partial charge in [0.05, 0.1) is 10.8 Å². The van der Waals surface area contributed by atoms with Gasteiger partial charge in [-0.1, -0.05) is 20.8 Å². The molecule has 0 atom stereocenters. The van der Waals surface area contributed by atoms with Crippen LogP contribution in [0.15, 0.2) is 35.4 Å². The number of thiazole rings is 1. The summed E-state index contributed by atoms with van der Waals surface area (Å²) in [7, 11) is -3.19. The molecular weight excluding hydrogens is 386 g/mol. The molecule has 146 valence electrons. The van der Waals surface area contributed by atoms with Gasteiger partial charge in [-0.25, -0.2) is 13.4 Å². The van der Waals surface area contributed by atoms with E-state index in [4.69, 9.17) is 0 Å². The molecule has 1 amide bonds. The molecule has 2 rings (SSSR count). The molecule has 0 saturated carbocycles. The molecule has 0 unspecified atom stereocenters. The summed E-state index contributed by atoms with van der Waals surface area (Å²) in [5, 5.41) is 3.50. The van der Waals surface area contributed by atoms with E-state index in [1.165, 1.54) is 34.2 Å². The summed E-state index contributed by atoms with van der Waals surface area (Å²) in [4.78, 5) is 29.6. The molecule has 0 aromatic carbocycles. The molecule has 0 saturated heterocycles. The number of carbonyl (C=O) groups is 1. The van der Waals surface area contributed by atoms with Crippen molar-refractivity contribution in [3.05, 3.63) is 50.8 Å². The maximum absolute atomic E-state index is 12.3. The van der Waals surface area contributed by atoms with Gasteiger partial charge in [-0.3, -0.25) is 9.59 Å². The molecule has 1 N–H and O–H groups in total. The second-order valence-corrected chi connectivity index (χ2v) is 10.5. The van der Waals surface area contributed by atoms with Crippen LogP contribution in [0.5, 0.6) is 0 Å². The van der Waals surface area contributed by atoms with Crippen molar-refractivity contribution in [1.82, 2.24) is 9.55 Å². The Bertz CT molecular complexity index is 1010. The van der Waals surface area contributed by atoms with Crippen LogP contribution in [0.2, 0.25) is 0 Å². The highest BCUT2D eigenvalue weighted by atomic mass is 32.2. The van der Waals surface area contributed by atoms with Crippen molar-refractivity contribution in [2.24, 2.45) is 0 Å². The number of hydrogen-bond acceptors (Lipinski definition) is 6. The monoisotopic (exact) mass is 409 g/mol. The molecule has 7 nitrogen and oxygen atoms in total. The highest BCUT2D eigenvalue weighted by molar-refractivity contribution is 7.90. The summed E-state index contributed by atoms with van der Waals surface area (Å²) in [5.41, 5.74) is -0.406. The Morgan fingerprint density at radius 1 is 1.37 bits per heavy atom. The topological polar surface area (TPSA) is 98.1 Å². The number of pyridine rings is 1. The van der Waals surface area contributed by atoms with E-state index in [1.54, 1.807) is 18.3 Å². The summed E-state index contributed by atoms with van der Waals surface area (Å²) >= 11 is 1.50. The van der Waals surface area contributed by atoms with E-state index in [9.17, 15) is 18.0 Å². The minimum Gasteiger partial charge on any atom is -0.318 e. The van der Waals surface area contributed by atoms with Crippen LogP contribution in [-0.4, -0.2) is 35.9 Å². The van der Waals surface area contributed by atoms with Crippen molar-refractivity contribution < 1.29 is 13.2 Å².